The maximum absolute atomic E-state index is 12.8. The second-order valence-corrected chi connectivity index (χ2v) is 7.95. The number of ether oxygens (including phenoxy) is 1. The van der Waals surface area contributed by atoms with E-state index in [2.05, 4.69) is 0 Å². The minimum absolute atomic E-state index is 0.0326. The number of hydrogen-bond acceptors (Lipinski definition) is 3. The lowest BCUT2D eigenvalue weighted by Gasteiger charge is -2.36. The van der Waals surface area contributed by atoms with Crippen LogP contribution in [-0.2, 0) is 20.6 Å². The van der Waals surface area contributed by atoms with Gasteiger partial charge in [-0.05, 0) is 26.0 Å². The molecule has 0 bridgehead atoms. The van der Waals surface area contributed by atoms with Gasteiger partial charge in [-0.2, -0.15) is 4.31 Å². The minimum atomic E-state index is -3.72. The summed E-state index contributed by atoms with van der Waals surface area (Å²) in [4.78, 5) is 0.0326. The fraction of sp³-hybridized carbons (Fsp3) is 0.538. The second-order valence-electron chi connectivity index (χ2n) is 5.04. The summed E-state index contributed by atoms with van der Waals surface area (Å²) >= 11 is 18.0. The number of hydrogen-bond donors (Lipinski definition) is 0. The van der Waals surface area contributed by atoms with Crippen molar-refractivity contribution in [2.45, 2.75) is 36.8 Å². The zero-order chi connectivity index (χ0) is 15.8. The molecule has 1 fully saturated rings. The van der Waals surface area contributed by atoms with E-state index in [1.54, 1.807) is 6.92 Å². The molecule has 1 aromatic carbocycles. The molecule has 0 aliphatic carbocycles. The minimum Gasteiger partial charge on any atom is -0.375 e. The lowest BCUT2D eigenvalue weighted by molar-refractivity contribution is -0.0170. The molecule has 0 radical (unpaired) electrons. The standard InChI is InChI=1S/C13H16Cl3NO3S/c1-8-7-20-9(2)6-17(8)21(18,19)12-4-3-11(15)10(5-14)13(12)16/h3-4,8-9H,5-7H2,1-2H3. The quantitative estimate of drug-likeness (QED) is 0.763. The highest BCUT2D eigenvalue weighted by Gasteiger charge is 2.35. The molecule has 2 atom stereocenters. The normalized spacial score (nSPS) is 24.2. The van der Waals surface area contributed by atoms with Crippen LogP contribution in [-0.4, -0.2) is 38.0 Å². The topological polar surface area (TPSA) is 46.6 Å². The number of benzene rings is 1. The van der Waals surface area contributed by atoms with E-state index < -0.39 is 10.0 Å². The van der Waals surface area contributed by atoms with Crippen molar-refractivity contribution in [1.82, 2.24) is 4.31 Å². The van der Waals surface area contributed by atoms with Crippen LogP contribution in [0.25, 0.3) is 0 Å². The van der Waals surface area contributed by atoms with Crippen LogP contribution >= 0.6 is 34.8 Å². The summed E-state index contributed by atoms with van der Waals surface area (Å²) in [5, 5.41) is 0.446. The lowest BCUT2D eigenvalue weighted by atomic mass is 10.2. The summed E-state index contributed by atoms with van der Waals surface area (Å²) in [6.07, 6.45) is -0.158. The van der Waals surface area contributed by atoms with Crippen molar-refractivity contribution in [3.05, 3.63) is 27.7 Å². The molecular formula is C13H16Cl3NO3S. The molecule has 2 unspecified atom stereocenters. The summed E-state index contributed by atoms with van der Waals surface area (Å²) < 4.78 is 32.6. The maximum Gasteiger partial charge on any atom is 0.244 e. The van der Waals surface area contributed by atoms with Crippen molar-refractivity contribution in [1.29, 1.82) is 0 Å². The summed E-state index contributed by atoms with van der Waals surface area (Å²) in [6, 6.07) is 2.67. The molecule has 0 N–H and O–H groups in total. The van der Waals surface area contributed by atoms with Crippen LogP contribution in [0.1, 0.15) is 19.4 Å². The van der Waals surface area contributed by atoms with Crippen LogP contribution in [0.15, 0.2) is 17.0 Å². The van der Waals surface area contributed by atoms with Gasteiger partial charge in [0.25, 0.3) is 0 Å². The van der Waals surface area contributed by atoms with Gasteiger partial charge in [-0.3, -0.25) is 0 Å². The number of nitrogens with zero attached hydrogens (tertiary/aromatic N) is 1. The van der Waals surface area contributed by atoms with E-state index >= 15 is 0 Å². The molecule has 2 rings (SSSR count). The van der Waals surface area contributed by atoms with Gasteiger partial charge in [0.2, 0.25) is 10.0 Å². The highest BCUT2D eigenvalue weighted by molar-refractivity contribution is 7.89. The molecule has 1 aliphatic rings. The monoisotopic (exact) mass is 371 g/mol. The van der Waals surface area contributed by atoms with Crippen molar-refractivity contribution in [3.63, 3.8) is 0 Å². The van der Waals surface area contributed by atoms with Gasteiger partial charge in [-0.1, -0.05) is 23.2 Å². The highest BCUT2D eigenvalue weighted by Crippen LogP contribution is 2.34. The SMILES string of the molecule is CC1CN(S(=O)(=O)c2ccc(Cl)c(CCl)c2Cl)C(C)CO1. The summed E-state index contributed by atoms with van der Waals surface area (Å²) in [5.41, 5.74) is 0.426. The zero-order valence-corrected chi connectivity index (χ0v) is 14.7. The molecule has 1 aromatic rings. The smallest absolute Gasteiger partial charge is 0.244 e. The summed E-state index contributed by atoms with van der Waals surface area (Å²) in [6.45, 7) is 4.28. The average molecular weight is 373 g/mol. The molecule has 0 spiro atoms. The Morgan fingerprint density at radius 3 is 2.62 bits per heavy atom. The first-order valence-corrected chi connectivity index (χ1v) is 9.18. The van der Waals surface area contributed by atoms with E-state index in [9.17, 15) is 8.42 Å². The predicted molar refractivity (Wildman–Crippen MR) is 84.8 cm³/mol. The van der Waals surface area contributed by atoms with Gasteiger partial charge in [0.05, 0.1) is 23.6 Å². The van der Waals surface area contributed by atoms with Gasteiger partial charge >= 0.3 is 0 Å². The van der Waals surface area contributed by atoms with E-state index in [1.807, 2.05) is 6.92 Å². The van der Waals surface area contributed by atoms with Crippen molar-refractivity contribution < 1.29 is 13.2 Å². The number of alkyl halides is 1. The van der Waals surface area contributed by atoms with Crippen molar-refractivity contribution in [2.24, 2.45) is 0 Å². The predicted octanol–water partition coefficient (Wildman–Crippen LogP) is 3.53. The van der Waals surface area contributed by atoms with Crippen molar-refractivity contribution >= 4 is 44.8 Å². The molecule has 21 heavy (non-hydrogen) atoms. The molecule has 8 heteroatoms. The number of rotatable bonds is 3. The van der Waals surface area contributed by atoms with Crippen LogP contribution in [0, 0.1) is 0 Å². The third-order valence-corrected chi connectivity index (χ3v) is 6.61. The first kappa shape index (κ1) is 17.3. The molecule has 118 valence electrons. The first-order valence-electron chi connectivity index (χ1n) is 6.45. The van der Waals surface area contributed by atoms with Crippen LogP contribution in [0.5, 0.6) is 0 Å². The lowest BCUT2D eigenvalue weighted by Crippen LogP contribution is -2.50. The van der Waals surface area contributed by atoms with Gasteiger partial charge in [0.15, 0.2) is 0 Å². The van der Waals surface area contributed by atoms with E-state index in [1.165, 1.54) is 16.4 Å². The van der Waals surface area contributed by atoms with E-state index in [-0.39, 0.29) is 27.9 Å². The first-order chi connectivity index (χ1) is 9.78. The summed E-state index contributed by atoms with van der Waals surface area (Å²) in [5.74, 6) is 0.0517. The van der Waals surface area contributed by atoms with E-state index in [0.29, 0.717) is 23.7 Å². The van der Waals surface area contributed by atoms with Gasteiger partial charge in [-0.15, -0.1) is 11.6 Å². The van der Waals surface area contributed by atoms with Crippen molar-refractivity contribution in [3.8, 4) is 0 Å². The van der Waals surface area contributed by atoms with Gasteiger partial charge < -0.3 is 4.74 Å². The van der Waals surface area contributed by atoms with Crippen LogP contribution in [0.4, 0.5) is 0 Å². The van der Waals surface area contributed by atoms with Crippen LogP contribution < -0.4 is 0 Å². The average Bonchev–Trinajstić information content (AvgIpc) is 2.41. The summed E-state index contributed by atoms with van der Waals surface area (Å²) in [7, 11) is -3.72. The molecule has 1 saturated heterocycles. The van der Waals surface area contributed by atoms with Gasteiger partial charge in [-0.25, -0.2) is 8.42 Å². The Labute approximate surface area is 140 Å². The number of halogens is 3. The Morgan fingerprint density at radius 2 is 2.00 bits per heavy atom. The van der Waals surface area contributed by atoms with Crippen LogP contribution in [0.2, 0.25) is 10.0 Å². The van der Waals surface area contributed by atoms with Crippen LogP contribution in [0.3, 0.4) is 0 Å². The molecule has 0 amide bonds. The fourth-order valence-electron chi connectivity index (χ4n) is 2.23. The number of sulfonamides is 1. The highest BCUT2D eigenvalue weighted by atomic mass is 35.5. The Hall–Kier alpha value is -0.0400. The van der Waals surface area contributed by atoms with E-state index in [4.69, 9.17) is 39.5 Å². The Bertz CT molecular complexity index is 636. The molecule has 0 aromatic heterocycles. The third kappa shape index (κ3) is 3.33. The number of morpholine rings is 1. The maximum atomic E-state index is 12.8. The van der Waals surface area contributed by atoms with Gasteiger partial charge in [0, 0.05) is 23.2 Å². The Morgan fingerprint density at radius 1 is 1.33 bits per heavy atom. The van der Waals surface area contributed by atoms with Gasteiger partial charge in [0.1, 0.15) is 4.90 Å². The zero-order valence-electron chi connectivity index (χ0n) is 11.6. The second kappa shape index (κ2) is 6.60. The molecule has 0 saturated carbocycles. The Balaban J connectivity index is 2.49. The molecule has 4 nitrogen and oxygen atoms in total. The third-order valence-electron chi connectivity index (χ3n) is 3.42. The fourth-order valence-corrected chi connectivity index (χ4v) is 5.23. The largest absolute Gasteiger partial charge is 0.375 e. The molecule has 1 heterocycles. The Kier molecular flexibility index (Phi) is 5.45. The van der Waals surface area contributed by atoms with Crippen molar-refractivity contribution in [2.75, 3.05) is 13.2 Å². The molecule has 1 aliphatic heterocycles. The molecular weight excluding hydrogens is 357 g/mol. The van der Waals surface area contributed by atoms with E-state index in [0.717, 1.165) is 0 Å².